The first-order valence-corrected chi connectivity index (χ1v) is 6.26. The van der Waals surface area contributed by atoms with Crippen LogP contribution in [0.5, 0.6) is 0 Å². The fraction of sp³-hybridized carbons (Fsp3) is 0.923. The molecule has 0 radical (unpaired) electrons. The van der Waals surface area contributed by atoms with Gasteiger partial charge in [-0.2, -0.15) is 0 Å². The minimum Gasteiger partial charge on any atom is -0.462 e. The van der Waals surface area contributed by atoms with Gasteiger partial charge in [-0.1, -0.05) is 27.7 Å². The van der Waals surface area contributed by atoms with Gasteiger partial charge in [0.1, 0.15) is 6.10 Å². The first-order valence-electron chi connectivity index (χ1n) is 6.26. The molecule has 0 amide bonds. The molecule has 0 aliphatic heterocycles. The third-order valence-electron chi connectivity index (χ3n) is 2.85. The van der Waals surface area contributed by atoms with E-state index in [4.69, 9.17) is 10.5 Å². The molecule has 0 aliphatic carbocycles. The minimum absolute atomic E-state index is 0.00928. The van der Waals surface area contributed by atoms with Gasteiger partial charge in [-0.15, -0.1) is 0 Å². The van der Waals surface area contributed by atoms with Crippen molar-refractivity contribution in [1.82, 2.24) is 0 Å². The molecular formula is C13H27NO2. The Labute approximate surface area is 99.7 Å². The van der Waals surface area contributed by atoms with Crippen LogP contribution in [-0.2, 0) is 9.53 Å². The lowest BCUT2D eigenvalue weighted by atomic mass is 9.94. The lowest BCUT2D eigenvalue weighted by molar-refractivity contribution is -0.151. The normalized spacial score (nSPS) is 15.2. The maximum Gasteiger partial charge on any atom is 0.306 e. The third-order valence-corrected chi connectivity index (χ3v) is 2.85. The van der Waals surface area contributed by atoms with E-state index in [1.165, 1.54) is 0 Å². The molecule has 16 heavy (non-hydrogen) atoms. The number of carbonyl (C=O) groups excluding carboxylic acids is 1. The van der Waals surface area contributed by atoms with Crippen LogP contribution in [0, 0.1) is 17.8 Å². The average Bonchev–Trinajstić information content (AvgIpc) is 2.15. The smallest absolute Gasteiger partial charge is 0.306 e. The predicted octanol–water partition coefficient (Wildman–Crippen LogP) is 2.59. The Morgan fingerprint density at radius 1 is 1.19 bits per heavy atom. The van der Waals surface area contributed by atoms with Gasteiger partial charge < -0.3 is 10.5 Å². The highest BCUT2D eigenvalue weighted by Crippen LogP contribution is 2.16. The topological polar surface area (TPSA) is 52.3 Å². The zero-order chi connectivity index (χ0) is 12.7. The van der Waals surface area contributed by atoms with Gasteiger partial charge >= 0.3 is 5.97 Å². The summed E-state index contributed by atoms with van der Waals surface area (Å²) in [5.41, 5.74) is 5.65. The molecule has 0 aromatic heterocycles. The number of hydrogen-bond acceptors (Lipinski definition) is 3. The summed E-state index contributed by atoms with van der Waals surface area (Å²) < 4.78 is 5.33. The molecule has 2 N–H and O–H groups in total. The Morgan fingerprint density at radius 2 is 1.75 bits per heavy atom. The van der Waals surface area contributed by atoms with Crippen molar-refractivity contribution in [3.8, 4) is 0 Å². The van der Waals surface area contributed by atoms with E-state index in [0.717, 1.165) is 6.42 Å². The number of nitrogens with two attached hydrogens (primary N) is 1. The molecule has 3 nitrogen and oxygen atoms in total. The lowest BCUT2D eigenvalue weighted by Gasteiger charge is -2.20. The van der Waals surface area contributed by atoms with E-state index >= 15 is 0 Å². The predicted molar refractivity (Wildman–Crippen MR) is 67.0 cm³/mol. The van der Waals surface area contributed by atoms with Crippen LogP contribution in [0.25, 0.3) is 0 Å². The number of esters is 1. The average molecular weight is 229 g/mol. The molecular weight excluding hydrogens is 202 g/mol. The van der Waals surface area contributed by atoms with Crippen molar-refractivity contribution >= 4 is 5.97 Å². The van der Waals surface area contributed by atoms with Crippen molar-refractivity contribution < 1.29 is 9.53 Å². The van der Waals surface area contributed by atoms with Crippen molar-refractivity contribution in [2.45, 2.75) is 53.6 Å². The molecule has 96 valence electrons. The van der Waals surface area contributed by atoms with Gasteiger partial charge in [0.25, 0.3) is 0 Å². The highest BCUT2D eigenvalue weighted by Gasteiger charge is 2.18. The molecule has 0 rings (SSSR count). The molecule has 0 saturated heterocycles. The summed E-state index contributed by atoms with van der Waals surface area (Å²) in [5, 5.41) is 0. The van der Waals surface area contributed by atoms with Crippen molar-refractivity contribution in [1.29, 1.82) is 0 Å². The molecule has 0 aromatic rings. The van der Waals surface area contributed by atoms with Gasteiger partial charge in [-0.3, -0.25) is 4.79 Å². The van der Waals surface area contributed by atoms with E-state index in [9.17, 15) is 4.79 Å². The van der Waals surface area contributed by atoms with Crippen LogP contribution in [-0.4, -0.2) is 18.6 Å². The second kappa shape index (κ2) is 7.66. The molecule has 0 fully saturated rings. The van der Waals surface area contributed by atoms with Crippen LogP contribution >= 0.6 is 0 Å². The van der Waals surface area contributed by atoms with Crippen LogP contribution in [0.2, 0.25) is 0 Å². The first-order chi connectivity index (χ1) is 7.36. The molecule has 3 heteroatoms. The minimum atomic E-state index is -0.114. The molecule has 0 aliphatic rings. The summed E-state index contributed by atoms with van der Waals surface area (Å²) >= 11 is 0. The van der Waals surface area contributed by atoms with Gasteiger partial charge in [0, 0.05) is 6.42 Å². The molecule has 0 heterocycles. The van der Waals surface area contributed by atoms with Gasteiger partial charge in [-0.25, -0.2) is 0 Å². The number of carbonyl (C=O) groups is 1. The highest BCUT2D eigenvalue weighted by atomic mass is 16.5. The third kappa shape index (κ3) is 6.83. The fourth-order valence-corrected chi connectivity index (χ4v) is 1.56. The van der Waals surface area contributed by atoms with Crippen molar-refractivity contribution in [2.75, 3.05) is 6.54 Å². The van der Waals surface area contributed by atoms with E-state index in [-0.39, 0.29) is 18.0 Å². The number of ether oxygens (including phenoxy) is 1. The lowest BCUT2D eigenvalue weighted by Crippen LogP contribution is -2.25. The van der Waals surface area contributed by atoms with Crippen LogP contribution in [0.15, 0.2) is 0 Å². The number of hydrogen-bond donors (Lipinski definition) is 1. The number of rotatable bonds is 7. The Hall–Kier alpha value is -0.570. The quantitative estimate of drug-likeness (QED) is 0.683. The van der Waals surface area contributed by atoms with E-state index in [2.05, 4.69) is 13.8 Å². The van der Waals surface area contributed by atoms with Crippen molar-refractivity contribution in [3.05, 3.63) is 0 Å². The molecule has 0 unspecified atom stereocenters. The second-order valence-corrected chi connectivity index (χ2v) is 5.37. The van der Waals surface area contributed by atoms with E-state index < -0.39 is 0 Å². The highest BCUT2D eigenvalue weighted by molar-refractivity contribution is 5.69. The Balaban J connectivity index is 4.01. The molecule has 0 saturated carbocycles. The van der Waals surface area contributed by atoms with Crippen LogP contribution < -0.4 is 5.73 Å². The second-order valence-electron chi connectivity index (χ2n) is 5.37. The molecule has 0 spiro atoms. The van der Waals surface area contributed by atoms with Crippen LogP contribution in [0.3, 0.4) is 0 Å². The molecule has 0 bridgehead atoms. The Morgan fingerprint density at radius 3 is 2.12 bits per heavy atom. The molecule has 0 aromatic carbocycles. The summed E-state index contributed by atoms with van der Waals surface area (Å²) in [6.07, 6.45) is 1.43. The summed E-state index contributed by atoms with van der Waals surface area (Å²) in [4.78, 5) is 11.6. The van der Waals surface area contributed by atoms with Crippen LogP contribution in [0.1, 0.15) is 47.5 Å². The van der Waals surface area contributed by atoms with E-state index in [0.29, 0.717) is 24.8 Å². The van der Waals surface area contributed by atoms with Crippen molar-refractivity contribution in [2.24, 2.45) is 23.5 Å². The van der Waals surface area contributed by atoms with Crippen LogP contribution in [0.4, 0.5) is 0 Å². The first kappa shape index (κ1) is 15.4. The maximum atomic E-state index is 11.6. The largest absolute Gasteiger partial charge is 0.462 e. The Kier molecular flexibility index (Phi) is 7.39. The molecule has 2 atom stereocenters. The monoisotopic (exact) mass is 229 g/mol. The van der Waals surface area contributed by atoms with Gasteiger partial charge in [-0.05, 0) is 37.6 Å². The Bertz CT molecular complexity index is 202. The standard InChI is InChI=1S/C13H27NO2/c1-9(2)6-12(8-14)7-13(15)16-11(5)10(3)4/h9-12H,6-8,14H2,1-5H3/t11-,12+/m1/s1. The maximum absolute atomic E-state index is 11.6. The SMILES string of the molecule is CC(C)C[C@H](CN)CC(=O)O[C@H](C)C(C)C. The van der Waals surface area contributed by atoms with Gasteiger partial charge in [0.2, 0.25) is 0 Å². The zero-order valence-electron chi connectivity index (χ0n) is 11.3. The summed E-state index contributed by atoms with van der Waals surface area (Å²) in [6.45, 7) is 10.9. The zero-order valence-corrected chi connectivity index (χ0v) is 11.3. The van der Waals surface area contributed by atoms with E-state index in [1.807, 2.05) is 20.8 Å². The summed E-state index contributed by atoms with van der Waals surface area (Å²) in [5.74, 6) is 1.08. The van der Waals surface area contributed by atoms with Crippen molar-refractivity contribution in [3.63, 3.8) is 0 Å². The van der Waals surface area contributed by atoms with E-state index in [1.54, 1.807) is 0 Å². The fourth-order valence-electron chi connectivity index (χ4n) is 1.56. The summed E-state index contributed by atoms with van der Waals surface area (Å²) in [6, 6.07) is 0. The summed E-state index contributed by atoms with van der Waals surface area (Å²) in [7, 11) is 0. The van der Waals surface area contributed by atoms with Gasteiger partial charge in [0.15, 0.2) is 0 Å². The van der Waals surface area contributed by atoms with Gasteiger partial charge in [0.05, 0.1) is 0 Å².